The molecule has 204 valence electrons. The lowest BCUT2D eigenvalue weighted by molar-refractivity contribution is -0.139. The number of aliphatic carboxylic acids is 1. The average molecular weight is 540 g/mol. The van der Waals surface area contributed by atoms with E-state index in [-0.39, 0.29) is 24.7 Å². The molecule has 0 saturated heterocycles. The highest BCUT2D eigenvalue weighted by atomic mass is 19.1. The van der Waals surface area contributed by atoms with Crippen molar-refractivity contribution in [1.29, 1.82) is 0 Å². The number of benzene rings is 4. The second-order valence-corrected chi connectivity index (χ2v) is 10.3. The van der Waals surface area contributed by atoms with Gasteiger partial charge in [-0.05, 0) is 59.4 Å². The van der Waals surface area contributed by atoms with E-state index in [0.29, 0.717) is 5.56 Å². The molecular weight excluding hydrogens is 509 g/mol. The quantitative estimate of drug-likeness (QED) is 0.248. The maximum atomic E-state index is 15.0. The van der Waals surface area contributed by atoms with Crippen molar-refractivity contribution >= 4 is 12.1 Å². The summed E-state index contributed by atoms with van der Waals surface area (Å²) >= 11 is 0. The van der Waals surface area contributed by atoms with Gasteiger partial charge < -0.3 is 19.9 Å². The van der Waals surface area contributed by atoms with Gasteiger partial charge in [0.25, 0.3) is 0 Å². The van der Waals surface area contributed by atoms with Crippen LogP contribution in [-0.2, 0) is 21.6 Å². The van der Waals surface area contributed by atoms with Crippen LogP contribution in [0.2, 0.25) is 0 Å². The van der Waals surface area contributed by atoms with Crippen molar-refractivity contribution in [2.45, 2.75) is 37.8 Å². The van der Waals surface area contributed by atoms with Crippen LogP contribution in [-0.4, -0.2) is 29.8 Å². The van der Waals surface area contributed by atoms with E-state index in [1.54, 1.807) is 6.07 Å². The number of rotatable bonds is 9. The number of carbonyl (C=O) groups excluding carboxylic acids is 1. The Balaban J connectivity index is 1.22. The van der Waals surface area contributed by atoms with Gasteiger partial charge in [0, 0.05) is 12.3 Å². The highest BCUT2D eigenvalue weighted by Crippen LogP contribution is 2.44. The van der Waals surface area contributed by atoms with Gasteiger partial charge in [0.15, 0.2) is 11.6 Å². The van der Waals surface area contributed by atoms with Crippen LogP contribution in [0.1, 0.15) is 42.0 Å². The smallest absolute Gasteiger partial charge is 0.407 e. The minimum absolute atomic E-state index is 0.0500. The molecule has 0 aliphatic heterocycles. The van der Waals surface area contributed by atoms with Gasteiger partial charge in [-0.1, -0.05) is 84.9 Å². The Hall–Kier alpha value is -4.65. The molecule has 1 amide bonds. The molecule has 4 aromatic carbocycles. The second-order valence-electron chi connectivity index (χ2n) is 10.3. The van der Waals surface area contributed by atoms with Crippen molar-refractivity contribution in [3.05, 3.63) is 125 Å². The molecule has 2 N–H and O–H groups in total. The van der Waals surface area contributed by atoms with Crippen molar-refractivity contribution in [2.75, 3.05) is 6.61 Å². The third-order valence-electron chi connectivity index (χ3n) is 7.20. The van der Waals surface area contributed by atoms with E-state index in [1.807, 2.05) is 92.7 Å². The first-order valence-corrected chi connectivity index (χ1v) is 13.1. The van der Waals surface area contributed by atoms with E-state index in [4.69, 9.17) is 9.47 Å². The number of nitrogens with one attached hydrogen (secondary N) is 1. The molecule has 0 spiro atoms. The normalized spacial score (nSPS) is 13.2. The van der Waals surface area contributed by atoms with Gasteiger partial charge in [0.05, 0.1) is 0 Å². The zero-order chi connectivity index (χ0) is 28.3. The predicted molar refractivity (Wildman–Crippen MR) is 150 cm³/mol. The van der Waals surface area contributed by atoms with E-state index >= 15 is 0 Å². The maximum absolute atomic E-state index is 15.0. The Morgan fingerprint density at radius 1 is 0.900 bits per heavy atom. The van der Waals surface area contributed by atoms with Crippen LogP contribution >= 0.6 is 0 Å². The van der Waals surface area contributed by atoms with Gasteiger partial charge in [0.2, 0.25) is 0 Å². The van der Waals surface area contributed by atoms with Gasteiger partial charge in [-0.2, -0.15) is 0 Å². The molecule has 1 unspecified atom stereocenters. The molecule has 1 aliphatic rings. The molecule has 0 aromatic heterocycles. The lowest BCUT2D eigenvalue weighted by Gasteiger charge is -2.27. The van der Waals surface area contributed by atoms with Crippen LogP contribution < -0.4 is 10.1 Å². The summed E-state index contributed by atoms with van der Waals surface area (Å²) in [6.07, 6.45) is -0.974. The Morgan fingerprint density at radius 3 is 2.10 bits per heavy atom. The summed E-state index contributed by atoms with van der Waals surface area (Å²) in [4.78, 5) is 24.6. The average Bonchev–Trinajstić information content (AvgIpc) is 3.27. The monoisotopic (exact) mass is 539 g/mol. The summed E-state index contributed by atoms with van der Waals surface area (Å²) < 4.78 is 26.4. The molecule has 0 radical (unpaired) electrons. The second kappa shape index (κ2) is 11.2. The standard InChI is InChI=1S/C33H30FNO5/c1-33(2,22-10-4-3-5-11-22)40-30-17-16-21(18-28(30)34)19-29(31(36)37)35-32(38)39-20-27-25-14-8-6-12-23(25)24-13-7-9-15-26(24)27/h3-18,27,29H,19-20H2,1-2H3,(H,35,38)(H,36,37). The molecule has 5 rings (SSSR count). The number of carboxylic acids is 1. The summed E-state index contributed by atoms with van der Waals surface area (Å²) in [5, 5.41) is 12.2. The summed E-state index contributed by atoms with van der Waals surface area (Å²) in [7, 11) is 0. The molecule has 4 aromatic rings. The van der Waals surface area contributed by atoms with Crippen molar-refractivity contribution in [1.82, 2.24) is 5.32 Å². The lowest BCUT2D eigenvalue weighted by atomic mass is 9.98. The van der Waals surface area contributed by atoms with Crippen LogP contribution in [0.25, 0.3) is 11.1 Å². The van der Waals surface area contributed by atoms with Crippen LogP contribution in [0.4, 0.5) is 9.18 Å². The zero-order valence-corrected chi connectivity index (χ0v) is 22.3. The number of hydrogen-bond acceptors (Lipinski definition) is 4. The van der Waals surface area contributed by atoms with Crippen molar-refractivity contribution < 1.29 is 28.6 Å². The van der Waals surface area contributed by atoms with E-state index in [2.05, 4.69) is 5.32 Å². The first-order chi connectivity index (χ1) is 19.2. The van der Waals surface area contributed by atoms with Gasteiger partial charge in [-0.3, -0.25) is 0 Å². The van der Waals surface area contributed by atoms with Gasteiger partial charge in [-0.15, -0.1) is 0 Å². The molecule has 40 heavy (non-hydrogen) atoms. The van der Waals surface area contributed by atoms with Crippen LogP contribution in [0, 0.1) is 5.82 Å². The summed E-state index contributed by atoms with van der Waals surface area (Å²) in [6, 6.07) is 28.3. The number of carbonyl (C=O) groups is 2. The summed E-state index contributed by atoms with van der Waals surface area (Å²) in [6.45, 7) is 3.74. The number of fused-ring (bicyclic) bond motifs is 3. The number of hydrogen-bond donors (Lipinski definition) is 2. The molecule has 0 bridgehead atoms. The van der Waals surface area contributed by atoms with E-state index < -0.39 is 29.5 Å². The van der Waals surface area contributed by atoms with E-state index in [1.165, 1.54) is 12.1 Å². The molecule has 1 aliphatic carbocycles. The SMILES string of the molecule is CC(C)(Oc1ccc(CC(NC(=O)OCC2c3ccccc3-c3ccccc32)C(=O)O)cc1F)c1ccccc1. The Morgan fingerprint density at radius 2 is 1.50 bits per heavy atom. The fourth-order valence-electron chi connectivity index (χ4n) is 5.15. The van der Waals surface area contributed by atoms with Crippen LogP contribution in [0.15, 0.2) is 97.1 Å². The first kappa shape index (κ1) is 26.9. The topological polar surface area (TPSA) is 84.9 Å². The Labute approximate surface area is 232 Å². The third-order valence-corrected chi connectivity index (χ3v) is 7.20. The van der Waals surface area contributed by atoms with Gasteiger partial charge in [0.1, 0.15) is 18.2 Å². The Bertz CT molecular complexity index is 1490. The molecule has 1 atom stereocenters. The molecule has 0 saturated carbocycles. The van der Waals surface area contributed by atoms with E-state index in [9.17, 15) is 19.1 Å². The number of halogens is 1. The zero-order valence-electron chi connectivity index (χ0n) is 22.3. The molecule has 0 fully saturated rings. The fourth-order valence-corrected chi connectivity index (χ4v) is 5.15. The predicted octanol–water partition coefficient (Wildman–Crippen LogP) is 6.67. The fraction of sp³-hybridized carbons (Fsp3) is 0.212. The molecule has 6 nitrogen and oxygen atoms in total. The van der Waals surface area contributed by atoms with Crippen molar-refractivity contribution in [3.63, 3.8) is 0 Å². The number of ether oxygens (including phenoxy) is 2. The first-order valence-electron chi connectivity index (χ1n) is 13.1. The van der Waals surface area contributed by atoms with Crippen molar-refractivity contribution in [2.24, 2.45) is 0 Å². The minimum atomic E-state index is -1.30. The van der Waals surface area contributed by atoms with Crippen LogP contribution in [0.3, 0.4) is 0 Å². The third kappa shape index (κ3) is 5.69. The van der Waals surface area contributed by atoms with E-state index in [0.717, 1.165) is 27.8 Å². The van der Waals surface area contributed by atoms with Gasteiger partial charge in [-0.25, -0.2) is 14.0 Å². The molecule has 7 heteroatoms. The number of amides is 1. The lowest BCUT2D eigenvalue weighted by Crippen LogP contribution is -2.43. The molecular formula is C33H30FNO5. The number of carboxylic acid groups (broad SMARTS) is 1. The van der Waals surface area contributed by atoms with Crippen molar-refractivity contribution in [3.8, 4) is 16.9 Å². The highest BCUT2D eigenvalue weighted by Gasteiger charge is 2.30. The summed E-state index contributed by atoms with van der Waals surface area (Å²) in [5.41, 5.74) is 4.80. The highest BCUT2D eigenvalue weighted by molar-refractivity contribution is 5.81. The van der Waals surface area contributed by atoms with Gasteiger partial charge >= 0.3 is 12.1 Å². The largest absolute Gasteiger partial charge is 0.480 e. The Kier molecular flexibility index (Phi) is 7.56. The molecule has 0 heterocycles. The maximum Gasteiger partial charge on any atom is 0.407 e. The number of alkyl carbamates (subject to hydrolysis) is 1. The van der Waals surface area contributed by atoms with Crippen LogP contribution in [0.5, 0.6) is 5.75 Å². The summed E-state index contributed by atoms with van der Waals surface area (Å²) in [5.74, 6) is -1.97. The minimum Gasteiger partial charge on any atom is -0.480 e.